The summed E-state index contributed by atoms with van der Waals surface area (Å²) >= 11 is 0. The molecule has 0 aliphatic carbocycles. The Labute approximate surface area is 87.5 Å². The second kappa shape index (κ2) is 5.09. The molecule has 0 atom stereocenters. The molecule has 0 aromatic heterocycles. The predicted molar refractivity (Wildman–Crippen MR) is 59.8 cm³/mol. The van der Waals surface area contributed by atoms with Crippen LogP contribution in [-0.2, 0) is 10.0 Å². The van der Waals surface area contributed by atoms with E-state index in [2.05, 4.69) is 10.0 Å². The predicted octanol–water partition coefficient (Wildman–Crippen LogP) is 0.702. The van der Waals surface area contributed by atoms with Crippen LogP contribution in [0.2, 0.25) is 0 Å². The van der Waals surface area contributed by atoms with Gasteiger partial charge in [0.05, 0.1) is 5.25 Å². The van der Waals surface area contributed by atoms with Gasteiger partial charge in [-0.2, -0.15) is 0 Å². The van der Waals surface area contributed by atoms with E-state index in [4.69, 9.17) is 0 Å². The second-order valence-electron chi connectivity index (χ2n) is 4.66. The topological polar surface area (TPSA) is 58.2 Å². The Morgan fingerprint density at radius 2 is 1.64 bits per heavy atom. The fourth-order valence-electron chi connectivity index (χ4n) is 0.797. The summed E-state index contributed by atoms with van der Waals surface area (Å²) in [6.45, 7) is 10.6. The number of sulfonamides is 1. The molecular weight excluding hydrogens is 200 g/mol. The van der Waals surface area contributed by atoms with Crippen LogP contribution in [0.25, 0.3) is 0 Å². The molecular formula is C9H22N2O2S. The van der Waals surface area contributed by atoms with Gasteiger partial charge in [0, 0.05) is 18.6 Å². The number of rotatable bonds is 5. The lowest BCUT2D eigenvalue weighted by Gasteiger charge is -2.20. The van der Waals surface area contributed by atoms with E-state index in [0.29, 0.717) is 13.1 Å². The summed E-state index contributed by atoms with van der Waals surface area (Å²) in [5, 5.41) is 2.84. The van der Waals surface area contributed by atoms with Gasteiger partial charge in [-0.05, 0) is 34.6 Å². The Morgan fingerprint density at radius 1 is 1.14 bits per heavy atom. The number of hydrogen-bond donors (Lipinski definition) is 2. The zero-order chi connectivity index (χ0) is 11.4. The monoisotopic (exact) mass is 222 g/mol. The average Bonchev–Trinajstić information content (AvgIpc) is 1.96. The Balaban J connectivity index is 3.77. The van der Waals surface area contributed by atoms with Gasteiger partial charge in [-0.25, -0.2) is 13.1 Å². The molecule has 86 valence electrons. The molecule has 0 saturated heterocycles. The van der Waals surface area contributed by atoms with E-state index in [9.17, 15) is 8.42 Å². The molecule has 0 fully saturated rings. The largest absolute Gasteiger partial charge is 0.311 e. The third-order valence-electron chi connectivity index (χ3n) is 1.70. The first-order chi connectivity index (χ1) is 6.15. The lowest BCUT2D eigenvalue weighted by molar-refractivity contribution is 0.428. The molecule has 0 spiro atoms. The Hall–Kier alpha value is -0.130. The van der Waals surface area contributed by atoms with Crippen LogP contribution in [0.4, 0.5) is 0 Å². The maximum absolute atomic E-state index is 11.3. The van der Waals surface area contributed by atoms with Gasteiger partial charge in [-0.1, -0.05) is 0 Å². The standard InChI is InChI=1S/C9H22N2O2S/c1-8(2)14(12,13)11-7-6-10-9(3,4)5/h8,10-11H,6-7H2,1-5H3. The van der Waals surface area contributed by atoms with Crippen molar-refractivity contribution < 1.29 is 8.42 Å². The first kappa shape index (κ1) is 13.9. The van der Waals surface area contributed by atoms with Crippen LogP contribution in [0, 0.1) is 0 Å². The lowest BCUT2D eigenvalue weighted by Crippen LogP contribution is -2.42. The van der Waals surface area contributed by atoms with Crippen LogP contribution < -0.4 is 10.0 Å². The van der Waals surface area contributed by atoms with Gasteiger partial charge in [0.1, 0.15) is 0 Å². The molecule has 4 nitrogen and oxygen atoms in total. The van der Waals surface area contributed by atoms with Crippen molar-refractivity contribution in [1.82, 2.24) is 10.0 Å². The average molecular weight is 222 g/mol. The fourth-order valence-corrected chi connectivity index (χ4v) is 1.52. The molecule has 2 N–H and O–H groups in total. The van der Waals surface area contributed by atoms with Crippen LogP contribution in [0.15, 0.2) is 0 Å². The third-order valence-corrected chi connectivity index (χ3v) is 3.55. The fraction of sp³-hybridized carbons (Fsp3) is 1.00. The summed E-state index contributed by atoms with van der Waals surface area (Å²) < 4.78 is 25.2. The van der Waals surface area contributed by atoms with Crippen molar-refractivity contribution in [2.45, 2.75) is 45.4 Å². The minimum Gasteiger partial charge on any atom is -0.311 e. The van der Waals surface area contributed by atoms with Gasteiger partial charge in [0.15, 0.2) is 0 Å². The molecule has 5 heteroatoms. The van der Waals surface area contributed by atoms with Gasteiger partial charge in [0.2, 0.25) is 10.0 Å². The lowest BCUT2D eigenvalue weighted by atomic mass is 10.1. The van der Waals surface area contributed by atoms with E-state index in [1.165, 1.54) is 0 Å². The molecule has 0 rings (SSSR count). The molecule has 0 aliphatic rings. The van der Waals surface area contributed by atoms with Crippen molar-refractivity contribution in [3.8, 4) is 0 Å². The molecule has 14 heavy (non-hydrogen) atoms. The Kier molecular flexibility index (Phi) is 5.05. The van der Waals surface area contributed by atoms with Gasteiger partial charge < -0.3 is 5.32 Å². The normalized spacial score (nSPS) is 13.6. The van der Waals surface area contributed by atoms with Crippen LogP contribution in [0.5, 0.6) is 0 Å². The SMILES string of the molecule is CC(C)S(=O)(=O)NCCNC(C)(C)C. The molecule has 0 aromatic rings. The first-order valence-electron chi connectivity index (χ1n) is 4.88. The van der Waals surface area contributed by atoms with Crippen molar-refractivity contribution in [1.29, 1.82) is 0 Å². The van der Waals surface area contributed by atoms with E-state index in [-0.39, 0.29) is 10.8 Å². The highest BCUT2D eigenvalue weighted by Crippen LogP contribution is 1.97. The third kappa shape index (κ3) is 6.34. The highest BCUT2D eigenvalue weighted by Gasteiger charge is 2.15. The summed E-state index contributed by atoms with van der Waals surface area (Å²) in [6, 6.07) is 0. The van der Waals surface area contributed by atoms with E-state index < -0.39 is 10.0 Å². The highest BCUT2D eigenvalue weighted by atomic mass is 32.2. The van der Waals surface area contributed by atoms with Crippen molar-refractivity contribution in [3.63, 3.8) is 0 Å². The molecule has 0 bridgehead atoms. The summed E-state index contributed by atoms with van der Waals surface area (Å²) in [4.78, 5) is 0. The molecule has 0 radical (unpaired) electrons. The maximum Gasteiger partial charge on any atom is 0.213 e. The van der Waals surface area contributed by atoms with Crippen molar-refractivity contribution >= 4 is 10.0 Å². The molecule has 0 aromatic carbocycles. The van der Waals surface area contributed by atoms with Crippen LogP contribution in [0.1, 0.15) is 34.6 Å². The van der Waals surface area contributed by atoms with E-state index in [1.807, 2.05) is 20.8 Å². The molecule has 0 aliphatic heterocycles. The molecule has 0 unspecified atom stereocenters. The van der Waals surface area contributed by atoms with Crippen LogP contribution >= 0.6 is 0 Å². The smallest absolute Gasteiger partial charge is 0.213 e. The van der Waals surface area contributed by atoms with Gasteiger partial charge in [-0.15, -0.1) is 0 Å². The summed E-state index contributed by atoms with van der Waals surface area (Å²) in [5.74, 6) is 0. The first-order valence-corrected chi connectivity index (χ1v) is 6.43. The summed E-state index contributed by atoms with van der Waals surface area (Å²) in [6.07, 6.45) is 0. The minimum atomic E-state index is -3.11. The zero-order valence-corrected chi connectivity index (χ0v) is 10.5. The molecule has 0 saturated carbocycles. The highest BCUT2D eigenvalue weighted by molar-refractivity contribution is 7.90. The minimum absolute atomic E-state index is 0.0310. The van der Waals surface area contributed by atoms with Crippen molar-refractivity contribution in [2.24, 2.45) is 0 Å². The van der Waals surface area contributed by atoms with Gasteiger partial charge in [-0.3, -0.25) is 0 Å². The number of nitrogens with one attached hydrogen (secondary N) is 2. The van der Waals surface area contributed by atoms with E-state index in [1.54, 1.807) is 13.8 Å². The quantitative estimate of drug-likeness (QED) is 0.673. The van der Waals surface area contributed by atoms with E-state index in [0.717, 1.165) is 0 Å². The van der Waals surface area contributed by atoms with Crippen molar-refractivity contribution in [2.75, 3.05) is 13.1 Å². The Bertz CT molecular complexity index is 252. The van der Waals surface area contributed by atoms with Gasteiger partial charge >= 0.3 is 0 Å². The van der Waals surface area contributed by atoms with Gasteiger partial charge in [0.25, 0.3) is 0 Å². The second-order valence-corrected chi connectivity index (χ2v) is 6.99. The maximum atomic E-state index is 11.3. The van der Waals surface area contributed by atoms with Crippen LogP contribution in [0.3, 0.4) is 0 Å². The molecule has 0 heterocycles. The summed E-state index contributed by atoms with van der Waals surface area (Å²) in [5.41, 5.74) is 0.0310. The Morgan fingerprint density at radius 3 is 2.00 bits per heavy atom. The van der Waals surface area contributed by atoms with Crippen molar-refractivity contribution in [3.05, 3.63) is 0 Å². The number of hydrogen-bond acceptors (Lipinski definition) is 3. The molecule has 0 amide bonds. The summed E-state index contributed by atoms with van der Waals surface area (Å²) in [7, 11) is -3.11. The van der Waals surface area contributed by atoms with E-state index >= 15 is 0 Å². The zero-order valence-electron chi connectivity index (χ0n) is 9.72. The van der Waals surface area contributed by atoms with Crippen LogP contribution in [-0.4, -0.2) is 32.3 Å².